The summed E-state index contributed by atoms with van der Waals surface area (Å²) in [4.78, 5) is 27.2. The molecule has 1 amide bonds. The smallest absolute Gasteiger partial charge is 0.249 e. The zero-order valence-corrected chi connectivity index (χ0v) is 17.4. The normalized spacial score (nSPS) is 11.0. The number of hydrogen-bond acceptors (Lipinski definition) is 6. The van der Waals surface area contributed by atoms with E-state index in [2.05, 4.69) is 20.3 Å². The highest BCUT2D eigenvalue weighted by atomic mass is 19.1. The zero-order valence-electron chi connectivity index (χ0n) is 17.4. The van der Waals surface area contributed by atoms with E-state index < -0.39 is 5.91 Å². The van der Waals surface area contributed by atoms with E-state index >= 15 is 0 Å². The molecule has 0 atom stereocenters. The number of aryl methyl sites for hydroxylation is 1. The van der Waals surface area contributed by atoms with Crippen molar-refractivity contribution in [3.05, 3.63) is 71.2 Å². The number of aromatic nitrogens is 4. The first kappa shape index (κ1) is 20.3. The molecule has 0 bridgehead atoms. The summed E-state index contributed by atoms with van der Waals surface area (Å²) < 4.78 is 15.3. The Hall–Kier alpha value is -4.01. The number of carbonyl (C=O) groups is 1. The fraction of sp³-hybridized carbons (Fsp3) is 0.182. The first-order valence-corrected chi connectivity index (χ1v) is 9.66. The average molecular weight is 419 g/mol. The quantitative estimate of drug-likeness (QED) is 0.498. The molecule has 158 valence electrons. The van der Waals surface area contributed by atoms with Crippen LogP contribution in [0.3, 0.4) is 0 Å². The van der Waals surface area contributed by atoms with Gasteiger partial charge >= 0.3 is 0 Å². The summed E-state index contributed by atoms with van der Waals surface area (Å²) in [7, 11) is 3.67. The highest BCUT2D eigenvalue weighted by Crippen LogP contribution is 2.26. The molecule has 4 aromatic rings. The Morgan fingerprint density at radius 2 is 1.90 bits per heavy atom. The molecule has 8 nitrogen and oxygen atoms in total. The summed E-state index contributed by atoms with van der Waals surface area (Å²) in [5, 5.41) is 3.87. The van der Waals surface area contributed by atoms with Gasteiger partial charge in [-0.25, -0.2) is 4.39 Å². The zero-order chi connectivity index (χ0) is 22.1. The molecule has 0 unspecified atom stereocenters. The van der Waals surface area contributed by atoms with Crippen LogP contribution in [0.4, 0.5) is 16.3 Å². The number of nitrogens with one attached hydrogen (secondary N) is 1. The van der Waals surface area contributed by atoms with E-state index in [1.54, 1.807) is 23.1 Å². The highest BCUT2D eigenvalue weighted by Gasteiger charge is 2.17. The molecular formula is C22H22FN7O. The molecule has 9 heteroatoms. The lowest BCUT2D eigenvalue weighted by atomic mass is 10.1. The highest BCUT2D eigenvalue weighted by molar-refractivity contribution is 6.06. The summed E-state index contributed by atoms with van der Waals surface area (Å²) in [5.74, 6) is 0.410. The minimum absolute atomic E-state index is 0.302. The van der Waals surface area contributed by atoms with Crippen LogP contribution >= 0.6 is 0 Å². The van der Waals surface area contributed by atoms with Crippen molar-refractivity contribution in [3.63, 3.8) is 0 Å². The van der Waals surface area contributed by atoms with Gasteiger partial charge in [0.05, 0.1) is 5.52 Å². The molecule has 2 aromatic heterocycles. The van der Waals surface area contributed by atoms with Gasteiger partial charge in [0.2, 0.25) is 23.8 Å². The molecule has 0 spiro atoms. The van der Waals surface area contributed by atoms with Gasteiger partial charge in [-0.05, 0) is 42.8 Å². The minimum atomic E-state index is -0.496. The molecule has 2 heterocycles. The number of rotatable bonds is 6. The van der Waals surface area contributed by atoms with Gasteiger partial charge in [0.25, 0.3) is 0 Å². The predicted octanol–water partition coefficient (Wildman–Crippen LogP) is 3.04. The van der Waals surface area contributed by atoms with Crippen LogP contribution in [-0.4, -0.2) is 39.5 Å². The summed E-state index contributed by atoms with van der Waals surface area (Å²) in [5.41, 5.74) is 8.35. The molecule has 0 fully saturated rings. The first-order chi connectivity index (χ1) is 14.8. The monoisotopic (exact) mass is 419 g/mol. The topological polar surface area (TPSA) is 102 Å². The van der Waals surface area contributed by atoms with Crippen LogP contribution in [0.15, 0.2) is 48.5 Å². The lowest BCUT2D eigenvalue weighted by molar-refractivity contribution is 0.100. The molecule has 0 saturated carbocycles. The first-order valence-electron chi connectivity index (χ1n) is 9.66. The maximum atomic E-state index is 13.5. The number of primary amides is 1. The standard InChI is InChI=1S/C22H22FN7O/c1-13-10-17-16(19(24)31)8-5-9-18(17)30(13)22-27-20(26-21(28-22)29(2)3)25-12-14-6-4-7-15(23)11-14/h4-11H,12H2,1-3H3,(H2,24,31)(H,25,26,27,28). The summed E-state index contributed by atoms with van der Waals surface area (Å²) in [6.45, 7) is 2.26. The van der Waals surface area contributed by atoms with Gasteiger partial charge in [-0.15, -0.1) is 0 Å². The molecule has 0 saturated heterocycles. The third kappa shape index (κ3) is 4.02. The van der Waals surface area contributed by atoms with Crippen molar-refractivity contribution in [1.29, 1.82) is 0 Å². The second kappa shape index (κ2) is 8.02. The molecule has 2 aromatic carbocycles. The van der Waals surface area contributed by atoms with Crippen LogP contribution in [0, 0.1) is 12.7 Å². The second-order valence-electron chi connectivity index (χ2n) is 7.36. The average Bonchev–Trinajstić information content (AvgIpc) is 3.07. The van der Waals surface area contributed by atoms with E-state index in [-0.39, 0.29) is 5.82 Å². The number of fused-ring (bicyclic) bond motifs is 1. The van der Waals surface area contributed by atoms with Gasteiger partial charge in [-0.1, -0.05) is 18.2 Å². The van der Waals surface area contributed by atoms with Gasteiger partial charge < -0.3 is 16.0 Å². The lowest BCUT2D eigenvalue weighted by Gasteiger charge is -2.15. The number of amides is 1. The molecule has 0 aliphatic rings. The SMILES string of the molecule is Cc1cc2c(C(N)=O)cccc2n1-c1nc(NCc2cccc(F)c2)nc(N(C)C)n1. The Bertz CT molecular complexity index is 1280. The lowest BCUT2D eigenvalue weighted by Crippen LogP contribution is -2.18. The van der Waals surface area contributed by atoms with E-state index in [4.69, 9.17) is 5.73 Å². The van der Waals surface area contributed by atoms with E-state index in [0.717, 1.165) is 22.2 Å². The molecule has 3 N–H and O–H groups in total. The number of hydrogen-bond donors (Lipinski definition) is 2. The third-order valence-corrected chi connectivity index (χ3v) is 4.85. The molecular weight excluding hydrogens is 397 g/mol. The van der Waals surface area contributed by atoms with Crippen LogP contribution in [0.1, 0.15) is 21.6 Å². The van der Waals surface area contributed by atoms with E-state index in [1.165, 1.54) is 12.1 Å². The van der Waals surface area contributed by atoms with Crippen LogP contribution in [0.25, 0.3) is 16.9 Å². The van der Waals surface area contributed by atoms with Gasteiger partial charge in [0.1, 0.15) is 5.82 Å². The van der Waals surface area contributed by atoms with E-state index in [9.17, 15) is 9.18 Å². The fourth-order valence-corrected chi connectivity index (χ4v) is 3.40. The number of anilines is 2. The van der Waals surface area contributed by atoms with Crippen molar-refractivity contribution in [1.82, 2.24) is 19.5 Å². The van der Waals surface area contributed by atoms with Crippen LogP contribution in [0.5, 0.6) is 0 Å². The Morgan fingerprint density at radius 3 is 2.61 bits per heavy atom. The van der Waals surface area contributed by atoms with Gasteiger partial charge in [-0.3, -0.25) is 9.36 Å². The number of nitrogens with zero attached hydrogens (tertiary/aromatic N) is 5. The number of benzene rings is 2. The van der Waals surface area contributed by atoms with Crippen molar-refractivity contribution in [3.8, 4) is 5.95 Å². The van der Waals surface area contributed by atoms with E-state index in [1.807, 2.05) is 43.8 Å². The van der Waals surface area contributed by atoms with Gasteiger partial charge in [0.15, 0.2) is 0 Å². The maximum Gasteiger partial charge on any atom is 0.249 e. The maximum absolute atomic E-state index is 13.5. The minimum Gasteiger partial charge on any atom is -0.366 e. The van der Waals surface area contributed by atoms with Crippen molar-refractivity contribution >= 4 is 28.7 Å². The van der Waals surface area contributed by atoms with Crippen molar-refractivity contribution in [2.24, 2.45) is 5.73 Å². The summed E-state index contributed by atoms with van der Waals surface area (Å²) in [6.07, 6.45) is 0. The Morgan fingerprint density at radius 1 is 1.13 bits per heavy atom. The van der Waals surface area contributed by atoms with Crippen molar-refractivity contribution < 1.29 is 9.18 Å². The molecule has 4 rings (SSSR count). The molecule has 31 heavy (non-hydrogen) atoms. The van der Waals surface area contributed by atoms with Crippen LogP contribution in [0.2, 0.25) is 0 Å². The van der Waals surface area contributed by atoms with Gasteiger partial charge in [-0.2, -0.15) is 15.0 Å². The Labute approximate surface area is 178 Å². The fourth-order valence-electron chi connectivity index (χ4n) is 3.40. The third-order valence-electron chi connectivity index (χ3n) is 4.85. The molecule has 0 aliphatic carbocycles. The number of nitrogens with two attached hydrogens (primary N) is 1. The predicted molar refractivity (Wildman–Crippen MR) is 118 cm³/mol. The van der Waals surface area contributed by atoms with Crippen molar-refractivity contribution in [2.75, 3.05) is 24.3 Å². The van der Waals surface area contributed by atoms with Crippen LogP contribution in [-0.2, 0) is 6.54 Å². The van der Waals surface area contributed by atoms with Crippen molar-refractivity contribution in [2.45, 2.75) is 13.5 Å². The molecule has 0 aliphatic heterocycles. The van der Waals surface area contributed by atoms with Crippen LogP contribution < -0.4 is 16.0 Å². The molecule has 0 radical (unpaired) electrons. The Kier molecular flexibility index (Phi) is 5.24. The number of halogens is 1. The largest absolute Gasteiger partial charge is 0.366 e. The summed E-state index contributed by atoms with van der Waals surface area (Å²) >= 11 is 0. The van der Waals surface area contributed by atoms with E-state index in [0.29, 0.717) is 30.0 Å². The Balaban J connectivity index is 1.79. The second-order valence-corrected chi connectivity index (χ2v) is 7.36. The number of carbonyl (C=O) groups excluding carboxylic acids is 1. The summed E-state index contributed by atoms with van der Waals surface area (Å²) in [6, 6.07) is 13.6. The van der Waals surface area contributed by atoms with Gasteiger partial charge in [0, 0.05) is 37.3 Å².